The van der Waals surface area contributed by atoms with Crippen molar-refractivity contribution >= 4 is 5.43 Å². The smallest absolute Gasteiger partial charge is 0.0253 e. The molecule has 2 aliphatic carbocycles. The third-order valence-corrected chi connectivity index (χ3v) is 4.34. The Bertz CT molecular complexity index is 764. The SMILES string of the molecule is CCC1=[C-]C(CC)C=C1.C[Si](C)=[Zr+2].[Cl-].[Cl-].[c-]1cccc2c1Cc1ccccc1-2. The molecule has 2 aromatic carbocycles. The number of rotatable bonds is 2. The van der Waals surface area contributed by atoms with Gasteiger partial charge in [0.05, 0.1) is 0 Å². The van der Waals surface area contributed by atoms with Gasteiger partial charge in [-0.2, -0.15) is 35.9 Å². The zero-order valence-electron chi connectivity index (χ0n) is 17.2. The predicted molar refractivity (Wildman–Crippen MR) is 111 cm³/mol. The minimum atomic E-state index is 0. The van der Waals surface area contributed by atoms with Crippen molar-refractivity contribution in [2.45, 2.75) is 46.2 Å². The summed E-state index contributed by atoms with van der Waals surface area (Å²) in [6.45, 7) is 8.98. The molecule has 1 unspecified atom stereocenters. The van der Waals surface area contributed by atoms with Crippen molar-refractivity contribution in [1.29, 1.82) is 0 Å². The van der Waals surface area contributed by atoms with Crippen molar-refractivity contribution in [3.05, 3.63) is 83.5 Å². The second-order valence-electron chi connectivity index (χ2n) is 6.79. The normalized spacial score (nSPS) is 14.6. The molecule has 0 aliphatic heterocycles. The molecule has 0 spiro atoms. The zero-order chi connectivity index (χ0) is 18.9. The van der Waals surface area contributed by atoms with E-state index in [1.807, 2.05) is 6.07 Å². The van der Waals surface area contributed by atoms with E-state index in [0.29, 0.717) is 5.92 Å². The molecule has 4 heteroatoms. The summed E-state index contributed by atoms with van der Waals surface area (Å²) in [4.78, 5) is 0. The second-order valence-corrected chi connectivity index (χ2v) is 16.2. The molecular formula is C24H28Cl2SiZr-2. The Morgan fingerprint density at radius 2 is 1.68 bits per heavy atom. The van der Waals surface area contributed by atoms with Crippen molar-refractivity contribution in [1.82, 2.24) is 0 Å². The molecule has 0 radical (unpaired) electrons. The van der Waals surface area contributed by atoms with Gasteiger partial charge in [-0.05, 0) is 6.42 Å². The fraction of sp³-hybridized carbons (Fsp3) is 0.333. The molecule has 0 fully saturated rings. The van der Waals surface area contributed by atoms with E-state index in [1.165, 1.54) is 34.2 Å². The molecule has 2 aromatic rings. The first-order valence-corrected chi connectivity index (χ1v) is 15.6. The van der Waals surface area contributed by atoms with Gasteiger partial charge in [0.2, 0.25) is 0 Å². The van der Waals surface area contributed by atoms with E-state index in [2.05, 4.69) is 87.6 Å². The summed E-state index contributed by atoms with van der Waals surface area (Å²) in [5, 5.41) is 0. The van der Waals surface area contributed by atoms with Crippen molar-refractivity contribution < 1.29 is 48.1 Å². The van der Waals surface area contributed by atoms with Gasteiger partial charge >= 0.3 is 41.9 Å². The summed E-state index contributed by atoms with van der Waals surface area (Å²) < 4.78 is 0. The molecule has 2 aliphatic rings. The van der Waals surface area contributed by atoms with Gasteiger partial charge in [0.1, 0.15) is 0 Å². The Hall–Kier alpha value is -0.400. The molecule has 0 saturated heterocycles. The topological polar surface area (TPSA) is 0 Å². The van der Waals surface area contributed by atoms with Gasteiger partial charge in [0, 0.05) is 0 Å². The standard InChI is InChI=1S/C13H9.C9H13.C2H6Si.2ClH.Zr/c1-3-7-12-10(5-1)9-11-6-2-4-8-13(11)12;1-3-8-5-6-9(4-2)7-8;1-3-2;;;/h1-5,7-8H,9H2;5-6,8H,3-4H2,1-2H3;1-2H3;2*1H;/q2*-1;;;;+2/p-2. The van der Waals surface area contributed by atoms with Crippen LogP contribution in [0.25, 0.3) is 11.1 Å². The maximum absolute atomic E-state index is 3.40. The molecule has 0 aromatic heterocycles. The molecule has 0 saturated carbocycles. The summed E-state index contributed by atoms with van der Waals surface area (Å²) in [7, 11) is 0. The van der Waals surface area contributed by atoms with Crippen molar-refractivity contribution in [2.75, 3.05) is 0 Å². The van der Waals surface area contributed by atoms with Crippen LogP contribution in [0, 0.1) is 18.1 Å². The fourth-order valence-electron chi connectivity index (χ4n) is 3.02. The number of fused-ring (bicyclic) bond motifs is 3. The maximum Gasteiger partial charge on any atom is -0.0253 e. The average Bonchev–Trinajstić information content (AvgIpc) is 3.26. The summed E-state index contributed by atoms with van der Waals surface area (Å²) in [5.74, 6) is 0.611. The molecule has 0 nitrogen and oxygen atoms in total. The Morgan fingerprint density at radius 1 is 1.04 bits per heavy atom. The Morgan fingerprint density at radius 3 is 2.25 bits per heavy atom. The number of allylic oxidation sites excluding steroid dienone is 4. The Kier molecular flexibility index (Phi) is 14.4. The van der Waals surface area contributed by atoms with Crippen molar-refractivity contribution in [3.8, 4) is 11.1 Å². The molecular weight excluding hydrogens is 478 g/mol. The Labute approximate surface area is 199 Å². The van der Waals surface area contributed by atoms with Crippen LogP contribution in [0.15, 0.2) is 60.2 Å². The summed E-state index contributed by atoms with van der Waals surface area (Å²) in [6, 6.07) is 18.1. The largest absolute Gasteiger partial charge is 1.00 e. The van der Waals surface area contributed by atoms with Gasteiger partial charge in [-0.25, -0.2) is 11.6 Å². The van der Waals surface area contributed by atoms with Crippen LogP contribution in [0.3, 0.4) is 0 Å². The van der Waals surface area contributed by atoms with Crippen LogP contribution in [0.4, 0.5) is 0 Å². The summed E-state index contributed by atoms with van der Waals surface area (Å²) in [6.07, 6.45) is 11.2. The van der Waals surface area contributed by atoms with Crippen molar-refractivity contribution in [3.63, 3.8) is 0 Å². The van der Waals surface area contributed by atoms with E-state index in [-0.39, 0.29) is 30.2 Å². The van der Waals surface area contributed by atoms with E-state index in [4.69, 9.17) is 0 Å². The summed E-state index contributed by atoms with van der Waals surface area (Å²) >= 11 is 1.74. The monoisotopic (exact) mass is 504 g/mol. The van der Waals surface area contributed by atoms with Gasteiger partial charge < -0.3 is 24.8 Å². The third kappa shape index (κ3) is 8.54. The summed E-state index contributed by atoms with van der Waals surface area (Å²) in [5.41, 5.74) is 7.10. The first-order chi connectivity index (χ1) is 12.5. The van der Waals surface area contributed by atoms with E-state index in [1.54, 1.807) is 23.3 Å². The molecule has 0 heterocycles. The van der Waals surface area contributed by atoms with E-state index in [9.17, 15) is 0 Å². The van der Waals surface area contributed by atoms with Crippen LogP contribution in [0.5, 0.6) is 0 Å². The van der Waals surface area contributed by atoms with Gasteiger partial charge in [-0.1, -0.05) is 68.0 Å². The fourth-order valence-corrected chi connectivity index (χ4v) is 3.02. The van der Waals surface area contributed by atoms with E-state index in [0.717, 1.165) is 12.8 Å². The third-order valence-electron chi connectivity index (χ3n) is 4.34. The van der Waals surface area contributed by atoms with Crippen LogP contribution in [0.2, 0.25) is 13.1 Å². The second kappa shape index (κ2) is 14.6. The Balaban J connectivity index is 0.000000432. The van der Waals surface area contributed by atoms with Crippen LogP contribution >= 0.6 is 0 Å². The molecule has 28 heavy (non-hydrogen) atoms. The molecule has 0 amide bonds. The predicted octanol–water partition coefficient (Wildman–Crippen LogP) is 0.572. The van der Waals surface area contributed by atoms with Crippen LogP contribution in [-0.2, 0) is 29.8 Å². The van der Waals surface area contributed by atoms with Crippen molar-refractivity contribution in [2.24, 2.45) is 5.92 Å². The number of halogens is 2. The molecule has 1 atom stereocenters. The molecule has 4 rings (SSSR count). The number of benzene rings is 2. The van der Waals surface area contributed by atoms with Gasteiger partial charge in [-0.15, -0.1) is 5.56 Å². The van der Waals surface area contributed by atoms with Gasteiger partial charge in [0.15, 0.2) is 0 Å². The minimum Gasteiger partial charge on any atom is -1.00 e. The molecule has 0 bridgehead atoms. The first kappa shape index (κ1) is 27.6. The molecule has 148 valence electrons. The molecule has 0 N–H and O–H groups in total. The van der Waals surface area contributed by atoms with Crippen LogP contribution in [-0.4, -0.2) is 5.43 Å². The average molecular weight is 507 g/mol. The number of hydrogen-bond acceptors (Lipinski definition) is 0. The quantitative estimate of drug-likeness (QED) is 0.352. The van der Waals surface area contributed by atoms with E-state index >= 15 is 0 Å². The maximum atomic E-state index is 3.40. The number of hydrogen-bond donors (Lipinski definition) is 0. The zero-order valence-corrected chi connectivity index (χ0v) is 22.1. The first-order valence-electron chi connectivity index (χ1n) is 9.45. The minimum absolute atomic E-state index is 0. The van der Waals surface area contributed by atoms with Crippen LogP contribution < -0.4 is 24.8 Å². The van der Waals surface area contributed by atoms with Crippen LogP contribution in [0.1, 0.15) is 37.8 Å². The van der Waals surface area contributed by atoms with E-state index < -0.39 is 0 Å². The van der Waals surface area contributed by atoms with Gasteiger partial charge in [-0.3, -0.25) is 6.08 Å². The van der Waals surface area contributed by atoms with Gasteiger partial charge in [0.25, 0.3) is 0 Å².